The van der Waals surface area contributed by atoms with E-state index in [1.807, 2.05) is 13.0 Å². The molecule has 3 aromatic carbocycles. The number of rotatable bonds is 8. The molecule has 4 aromatic rings. The molecule has 0 aliphatic carbocycles. The SMILES string of the molecule is CCOc1ccc(OCC(=O)Nc2c(C(=O)c3ccc4c(c3)OCCO4)oc3ccccc23)cc1. The molecule has 5 rings (SSSR count). The monoisotopic (exact) mass is 473 g/mol. The fourth-order valence-corrected chi connectivity index (χ4v) is 3.77. The summed E-state index contributed by atoms with van der Waals surface area (Å²) in [5.41, 5.74) is 1.13. The normalized spacial score (nSPS) is 12.3. The Balaban J connectivity index is 1.37. The summed E-state index contributed by atoms with van der Waals surface area (Å²) in [6, 6.07) is 19.1. The number of hydrogen-bond donors (Lipinski definition) is 1. The first-order chi connectivity index (χ1) is 17.1. The number of carbonyl (C=O) groups excluding carboxylic acids is 2. The van der Waals surface area contributed by atoms with Gasteiger partial charge in [-0.3, -0.25) is 9.59 Å². The largest absolute Gasteiger partial charge is 0.494 e. The topological polar surface area (TPSA) is 96.2 Å². The number of hydrogen-bond acceptors (Lipinski definition) is 7. The Hall–Kier alpha value is -4.46. The molecule has 0 unspecified atom stereocenters. The molecular formula is C27H23NO7. The van der Waals surface area contributed by atoms with Crippen LogP contribution in [0, 0.1) is 0 Å². The van der Waals surface area contributed by atoms with Gasteiger partial charge >= 0.3 is 0 Å². The summed E-state index contributed by atoms with van der Waals surface area (Å²) in [6.45, 7) is 3.09. The van der Waals surface area contributed by atoms with Crippen molar-refractivity contribution in [1.82, 2.24) is 0 Å². The maximum Gasteiger partial charge on any atom is 0.262 e. The highest BCUT2D eigenvalue weighted by atomic mass is 16.6. The van der Waals surface area contributed by atoms with Gasteiger partial charge in [-0.05, 0) is 61.5 Å². The predicted molar refractivity (Wildman–Crippen MR) is 129 cm³/mol. The molecule has 1 aromatic heterocycles. The van der Waals surface area contributed by atoms with Crippen molar-refractivity contribution in [2.45, 2.75) is 6.92 Å². The lowest BCUT2D eigenvalue weighted by atomic mass is 10.1. The van der Waals surface area contributed by atoms with Crippen LogP contribution in [0.2, 0.25) is 0 Å². The van der Waals surface area contributed by atoms with Crippen LogP contribution in [0.15, 0.2) is 71.1 Å². The average Bonchev–Trinajstić information content (AvgIpc) is 3.26. The van der Waals surface area contributed by atoms with Gasteiger partial charge < -0.3 is 28.7 Å². The van der Waals surface area contributed by atoms with Crippen molar-refractivity contribution in [2.24, 2.45) is 0 Å². The van der Waals surface area contributed by atoms with Gasteiger partial charge in [0.05, 0.1) is 12.3 Å². The highest BCUT2D eigenvalue weighted by molar-refractivity contribution is 6.17. The first-order valence-corrected chi connectivity index (χ1v) is 11.2. The lowest BCUT2D eigenvalue weighted by Gasteiger charge is -2.18. The molecule has 2 heterocycles. The highest BCUT2D eigenvalue weighted by Gasteiger charge is 2.25. The van der Waals surface area contributed by atoms with Crippen LogP contribution in [-0.2, 0) is 4.79 Å². The van der Waals surface area contributed by atoms with Crippen LogP contribution in [-0.4, -0.2) is 38.1 Å². The maximum absolute atomic E-state index is 13.4. The third kappa shape index (κ3) is 4.77. The lowest BCUT2D eigenvalue weighted by Crippen LogP contribution is -2.21. The molecule has 0 fully saturated rings. The van der Waals surface area contributed by atoms with Gasteiger partial charge in [0, 0.05) is 10.9 Å². The van der Waals surface area contributed by atoms with E-state index < -0.39 is 5.91 Å². The van der Waals surface area contributed by atoms with Gasteiger partial charge in [0.15, 0.2) is 23.9 Å². The molecule has 0 radical (unpaired) electrons. The minimum absolute atomic E-state index is 0.0253. The van der Waals surface area contributed by atoms with Gasteiger partial charge in [0.1, 0.15) is 30.3 Å². The van der Waals surface area contributed by atoms with E-state index in [0.29, 0.717) is 59.3 Å². The number of amides is 1. The second-order valence-corrected chi connectivity index (χ2v) is 7.73. The van der Waals surface area contributed by atoms with Crippen molar-refractivity contribution in [1.29, 1.82) is 0 Å². The van der Waals surface area contributed by atoms with E-state index >= 15 is 0 Å². The molecule has 0 spiro atoms. The highest BCUT2D eigenvalue weighted by Crippen LogP contribution is 2.35. The summed E-state index contributed by atoms with van der Waals surface area (Å²) in [5, 5.41) is 3.40. The van der Waals surface area contributed by atoms with Crippen molar-refractivity contribution < 1.29 is 33.0 Å². The number of furan rings is 1. The number of para-hydroxylation sites is 1. The standard InChI is InChI=1S/C27H23NO7/c1-2-31-18-8-10-19(11-9-18)34-16-24(29)28-25-20-5-3-4-6-21(20)35-27(25)26(30)17-7-12-22-23(15-17)33-14-13-32-22/h3-12,15H,2,13-14,16H2,1H3,(H,28,29). The zero-order chi connectivity index (χ0) is 24.2. The third-order valence-corrected chi connectivity index (χ3v) is 5.38. The van der Waals surface area contributed by atoms with E-state index in [0.717, 1.165) is 5.75 Å². The summed E-state index contributed by atoms with van der Waals surface area (Å²) in [7, 11) is 0. The number of carbonyl (C=O) groups is 2. The first-order valence-electron chi connectivity index (χ1n) is 11.2. The Bertz CT molecular complexity index is 1370. The summed E-state index contributed by atoms with van der Waals surface area (Å²) < 4.78 is 28.0. The fraction of sp³-hybridized carbons (Fsp3) is 0.185. The number of anilines is 1. The minimum atomic E-state index is -0.429. The maximum atomic E-state index is 13.4. The lowest BCUT2D eigenvalue weighted by molar-refractivity contribution is -0.118. The molecule has 1 amide bonds. The Kier molecular flexibility index (Phi) is 6.26. The molecule has 35 heavy (non-hydrogen) atoms. The van der Waals surface area contributed by atoms with Crippen LogP contribution in [0.25, 0.3) is 11.0 Å². The van der Waals surface area contributed by atoms with E-state index in [9.17, 15) is 9.59 Å². The summed E-state index contributed by atoms with van der Waals surface area (Å²) in [5.74, 6) is 1.52. The summed E-state index contributed by atoms with van der Waals surface area (Å²) >= 11 is 0. The zero-order valence-corrected chi connectivity index (χ0v) is 19.0. The molecule has 0 saturated heterocycles. The Morgan fingerprint density at radius 3 is 2.37 bits per heavy atom. The van der Waals surface area contributed by atoms with E-state index in [-0.39, 0.29) is 18.2 Å². The molecule has 1 N–H and O–H groups in total. The summed E-state index contributed by atoms with van der Waals surface area (Å²) in [6.07, 6.45) is 0. The van der Waals surface area contributed by atoms with Crippen LogP contribution in [0.5, 0.6) is 23.0 Å². The quantitative estimate of drug-likeness (QED) is 0.366. The smallest absolute Gasteiger partial charge is 0.262 e. The van der Waals surface area contributed by atoms with Gasteiger partial charge in [-0.1, -0.05) is 12.1 Å². The molecule has 0 saturated carbocycles. The molecular weight excluding hydrogens is 450 g/mol. The van der Waals surface area contributed by atoms with E-state index in [4.69, 9.17) is 23.4 Å². The second-order valence-electron chi connectivity index (χ2n) is 7.73. The van der Waals surface area contributed by atoms with Crippen molar-refractivity contribution >= 4 is 28.3 Å². The van der Waals surface area contributed by atoms with Crippen LogP contribution in [0.1, 0.15) is 23.0 Å². The van der Waals surface area contributed by atoms with Gasteiger partial charge in [-0.25, -0.2) is 0 Å². The van der Waals surface area contributed by atoms with E-state index in [1.165, 1.54) is 0 Å². The van der Waals surface area contributed by atoms with Crippen molar-refractivity contribution in [3.05, 3.63) is 78.1 Å². The molecule has 8 heteroatoms. The number of nitrogens with one attached hydrogen (secondary N) is 1. The zero-order valence-electron chi connectivity index (χ0n) is 19.0. The first kappa shape index (κ1) is 22.3. The Labute approximate surface area is 201 Å². The molecule has 0 atom stereocenters. The second kappa shape index (κ2) is 9.80. The molecule has 1 aliphatic heterocycles. The van der Waals surface area contributed by atoms with E-state index in [1.54, 1.807) is 60.7 Å². The predicted octanol–water partition coefficient (Wildman–Crippen LogP) is 4.85. The van der Waals surface area contributed by atoms with Crippen molar-refractivity contribution in [3.8, 4) is 23.0 Å². The van der Waals surface area contributed by atoms with Crippen molar-refractivity contribution in [2.75, 3.05) is 31.7 Å². The molecule has 178 valence electrons. The molecule has 1 aliphatic rings. The molecule has 0 bridgehead atoms. The van der Waals surface area contributed by atoms with Gasteiger partial charge in [0.25, 0.3) is 5.91 Å². The number of fused-ring (bicyclic) bond motifs is 2. The van der Waals surface area contributed by atoms with Gasteiger partial charge in [-0.2, -0.15) is 0 Å². The minimum Gasteiger partial charge on any atom is -0.494 e. The Morgan fingerprint density at radius 2 is 1.60 bits per heavy atom. The van der Waals surface area contributed by atoms with E-state index in [2.05, 4.69) is 5.32 Å². The number of ether oxygens (including phenoxy) is 4. The fourth-order valence-electron chi connectivity index (χ4n) is 3.77. The number of ketones is 1. The van der Waals surface area contributed by atoms with Crippen molar-refractivity contribution in [3.63, 3.8) is 0 Å². The van der Waals surface area contributed by atoms with Gasteiger partial charge in [0.2, 0.25) is 5.78 Å². The number of benzene rings is 3. The van der Waals surface area contributed by atoms with Crippen LogP contribution in [0.4, 0.5) is 5.69 Å². The van der Waals surface area contributed by atoms with Crippen LogP contribution < -0.4 is 24.3 Å². The van der Waals surface area contributed by atoms with Gasteiger partial charge in [-0.15, -0.1) is 0 Å². The Morgan fingerprint density at radius 1 is 0.886 bits per heavy atom. The van der Waals surface area contributed by atoms with Crippen LogP contribution >= 0.6 is 0 Å². The molecule has 8 nitrogen and oxygen atoms in total. The third-order valence-electron chi connectivity index (χ3n) is 5.38. The van der Waals surface area contributed by atoms with Crippen LogP contribution in [0.3, 0.4) is 0 Å². The average molecular weight is 473 g/mol. The summed E-state index contributed by atoms with van der Waals surface area (Å²) in [4.78, 5) is 26.1.